The monoisotopic (exact) mass is 551 g/mol. The lowest BCUT2D eigenvalue weighted by molar-refractivity contribution is -0.131. The minimum Gasteiger partial charge on any atom is -0.504 e. The average molecular weight is 553 g/mol. The molecule has 1 amide bonds. The van der Waals surface area contributed by atoms with E-state index in [0.717, 1.165) is 48.4 Å². The summed E-state index contributed by atoms with van der Waals surface area (Å²) in [7, 11) is 0. The fourth-order valence-electron chi connectivity index (χ4n) is 3.47. The van der Waals surface area contributed by atoms with Crippen molar-refractivity contribution in [2.75, 3.05) is 37.7 Å². The summed E-state index contributed by atoms with van der Waals surface area (Å²) in [6, 6.07) is 9.71. The minimum absolute atomic E-state index is 0.0489. The highest BCUT2D eigenvalue weighted by Gasteiger charge is 2.20. The third-order valence-electron chi connectivity index (χ3n) is 5.15. The van der Waals surface area contributed by atoms with Crippen molar-refractivity contribution in [3.63, 3.8) is 0 Å². The summed E-state index contributed by atoms with van der Waals surface area (Å²) >= 11 is 6.96. The molecule has 0 aliphatic carbocycles. The molecule has 0 bridgehead atoms. The fraction of sp³-hybridized carbons (Fsp3) is 0.391. The number of rotatable bonds is 7. The normalized spacial score (nSPS) is 14.3. The number of hydrogen-bond acceptors (Lipinski definition) is 5. The standard InChI is InChI=1S/C23H27Br2N3O3/c1-3-5-21(29)28-12-10-27(11-13-28)17-8-6-16(7-9-17)26-15-18-22(25)19(24)14-20(23(18)30)31-4-2/h6-9,14-15,30H,3-5,10-13H2,1-2H3. The Morgan fingerprint density at radius 2 is 1.84 bits per heavy atom. The Morgan fingerprint density at radius 1 is 1.16 bits per heavy atom. The van der Waals surface area contributed by atoms with Crippen molar-refractivity contribution in [3.05, 3.63) is 44.8 Å². The fourth-order valence-corrected chi connectivity index (χ4v) is 4.30. The lowest BCUT2D eigenvalue weighted by Crippen LogP contribution is -2.48. The molecule has 0 atom stereocenters. The van der Waals surface area contributed by atoms with Gasteiger partial charge in [0.25, 0.3) is 0 Å². The molecule has 1 aliphatic rings. The van der Waals surface area contributed by atoms with Gasteiger partial charge in [0.15, 0.2) is 11.5 Å². The maximum absolute atomic E-state index is 12.1. The molecule has 0 saturated carbocycles. The number of aromatic hydroxyl groups is 1. The quantitative estimate of drug-likeness (QED) is 0.460. The maximum atomic E-state index is 12.1. The topological polar surface area (TPSA) is 65.4 Å². The first-order valence-electron chi connectivity index (χ1n) is 10.4. The zero-order valence-electron chi connectivity index (χ0n) is 17.8. The van der Waals surface area contributed by atoms with Crippen LogP contribution in [0.4, 0.5) is 11.4 Å². The first kappa shape index (κ1) is 23.6. The number of hydrogen-bond donors (Lipinski definition) is 1. The molecule has 1 aliphatic heterocycles. The van der Waals surface area contributed by atoms with Gasteiger partial charge in [-0.2, -0.15) is 0 Å². The Morgan fingerprint density at radius 3 is 2.45 bits per heavy atom. The Labute approximate surface area is 200 Å². The molecule has 0 spiro atoms. The number of phenols is 1. The Balaban J connectivity index is 1.68. The van der Waals surface area contributed by atoms with Gasteiger partial charge in [0.05, 0.1) is 17.9 Å². The smallest absolute Gasteiger partial charge is 0.222 e. The molecule has 8 heteroatoms. The van der Waals surface area contributed by atoms with Crippen LogP contribution >= 0.6 is 31.9 Å². The summed E-state index contributed by atoms with van der Waals surface area (Å²) in [5.41, 5.74) is 2.45. The molecule has 1 saturated heterocycles. The molecule has 166 valence electrons. The van der Waals surface area contributed by atoms with E-state index in [-0.39, 0.29) is 11.7 Å². The first-order chi connectivity index (χ1) is 14.9. The molecule has 1 fully saturated rings. The number of amides is 1. The van der Waals surface area contributed by atoms with Crippen LogP contribution in [0.5, 0.6) is 11.5 Å². The summed E-state index contributed by atoms with van der Waals surface area (Å²) in [6.45, 7) is 7.55. The molecule has 31 heavy (non-hydrogen) atoms. The van der Waals surface area contributed by atoms with Gasteiger partial charge in [0.2, 0.25) is 5.91 Å². The van der Waals surface area contributed by atoms with Crippen LogP contribution in [-0.4, -0.2) is 54.9 Å². The van der Waals surface area contributed by atoms with Gasteiger partial charge < -0.3 is 19.6 Å². The summed E-state index contributed by atoms with van der Waals surface area (Å²) < 4.78 is 6.98. The average Bonchev–Trinajstić information content (AvgIpc) is 2.78. The Kier molecular flexibility index (Phi) is 8.37. The molecule has 0 unspecified atom stereocenters. The number of carbonyl (C=O) groups is 1. The Hall–Kier alpha value is -2.06. The van der Waals surface area contributed by atoms with E-state index in [1.165, 1.54) is 0 Å². The van der Waals surface area contributed by atoms with E-state index in [1.54, 1.807) is 12.3 Å². The summed E-state index contributed by atoms with van der Waals surface area (Å²) in [5, 5.41) is 10.5. The van der Waals surface area contributed by atoms with Crippen LogP contribution in [0, 0.1) is 0 Å². The number of carbonyl (C=O) groups excluding carboxylic acids is 1. The number of aliphatic imine (C=N–C) groups is 1. The third-order valence-corrected chi connectivity index (χ3v) is 7.16. The molecule has 6 nitrogen and oxygen atoms in total. The highest BCUT2D eigenvalue weighted by molar-refractivity contribution is 9.13. The van der Waals surface area contributed by atoms with Gasteiger partial charge in [0, 0.05) is 53.4 Å². The van der Waals surface area contributed by atoms with Crippen molar-refractivity contribution < 1.29 is 14.6 Å². The van der Waals surface area contributed by atoms with Crippen LogP contribution in [0.15, 0.2) is 44.3 Å². The largest absolute Gasteiger partial charge is 0.504 e. The van der Waals surface area contributed by atoms with Crippen molar-refractivity contribution in [2.24, 2.45) is 4.99 Å². The highest BCUT2D eigenvalue weighted by Crippen LogP contribution is 2.40. The van der Waals surface area contributed by atoms with Gasteiger partial charge >= 0.3 is 0 Å². The number of benzene rings is 2. The van der Waals surface area contributed by atoms with E-state index in [4.69, 9.17) is 4.74 Å². The highest BCUT2D eigenvalue weighted by atomic mass is 79.9. The number of phenolic OH excluding ortho intramolecular Hbond substituents is 1. The summed E-state index contributed by atoms with van der Waals surface area (Å²) in [4.78, 5) is 20.8. The number of halogens is 2. The van der Waals surface area contributed by atoms with Gasteiger partial charge in [-0.25, -0.2) is 0 Å². The maximum Gasteiger partial charge on any atom is 0.222 e. The first-order valence-corrected chi connectivity index (χ1v) is 12.0. The van der Waals surface area contributed by atoms with Gasteiger partial charge in [-0.1, -0.05) is 6.92 Å². The second-order valence-electron chi connectivity index (χ2n) is 7.26. The van der Waals surface area contributed by atoms with Crippen LogP contribution < -0.4 is 9.64 Å². The molecule has 1 N–H and O–H groups in total. The lowest BCUT2D eigenvalue weighted by Gasteiger charge is -2.36. The van der Waals surface area contributed by atoms with E-state index < -0.39 is 0 Å². The number of piperazine rings is 1. The number of nitrogens with zero attached hydrogens (tertiary/aromatic N) is 3. The van der Waals surface area contributed by atoms with Crippen molar-refractivity contribution >= 4 is 55.4 Å². The van der Waals surface area contributed by atoms with Gasteiger partial charge in [-0.3, -0.25) is 9.79 Å². The third kappa shape index (κ3) is 5.80. The van der Waals surface area contributed by atoms with E-state index in [2.05, 4.69) is 41.8 Å². The molecule has 0 aromatic heterocycles. The van der Waals surface area contributed by atoms with Gasteiger partial charge in [0.1, 0.15) is 0 Å². The molecule has 3 rings (SSSR count). The predicted molar refractivity (Wildman–Crippen MR) is 132 cm³/mol. The van der Waals surface area contributed by atoms with Crippen LogP contribution in [0.3, 0.4) is 0 Å². The second-order valence-corrected chi connectivity index (χ2v) is 8.91. The van der Waals surface area contributed by atoms with E-state index in [9.17, 15) is 9.90 Å². The van der Waals surface area contributed by atoms with Crippen LogP contribution in [0.1, 0.15) is 32.3 Å². The predicted octanol–water partition coefficient (Wildman–Crippen LogP) is 5.52. The molecular formula is C23H27Br2N3O3. The summed E-state index contributed by atoms with van der Waals surface area (Å²) in [5.74, 6) is 0.708. The second kappa shape index (κ2) is 11.0. The summed E-state index contributed by atoms with van der Waals surface area (Å²) in [6.07, 6.45) is 3.14. The van der Waals surface area contributed by atoms with Gasteiger partial charge in [-0.15, -0.1) is 0 Å². The SMILES string of the molecule is CCCC(=O)N1CCN(c2ccc(N=Cc3c(O)c(OCC)cc(Br)c3Br)cc2)CC1. The van der Waals surface area contributed by atoms with Crippen molar-refractivity contribution in [2.45, 2.75) is 26.7 Å². The molecule has 0 radical (unpaired) electrons. The van der Waals surface area contributed by atoms with E-state index in [1.807, 2.05) is 43.0 Å². The number of anilines is 1. The molecule has 2 aromatic carbocycles. The molecule has 2 aromatic rings. The van der Waals surface area contributed by atoms with Crippen LogP contribution in [0.2, 0.25) is 0 Å². The van der Waals surface area contributed by atoms with Gasteiger partial charge in [-0.05, 0) is 75.5 Å². The zero-order valence-corrected chi connectivity index (χ0v) is 20.9. The molecular weight excluding hydrogens is 526 g/mol. The van der Waals surface area contributed by atoms with E-state index >= 15 is 0 Å². The number of ether oxygens (including phenoxy) is 1. The van der Waals surface area contributed by atoms with Crippen LogP contribution in [0.25, 0.3) is 0 Å². The molecule has 1 heterocycles. The Bertz CT molecular complexity index is 940. The van der Waals surface area contributed by atoms with Crippen molar-refractivity contribution in [1.29, 1.82) is 0 Å². The van der Waals surface area contributed by atoms with Crippen LogP contribution in [-0.2, 0) is 4.79 Å². The zero-order chi connectivity index (χ0) is 22.4. The van der Waals surface area contributed by atoms with E-state index in [0.29, 0.717) is 28.8 Å². The van der Waals surface area contributed by atoms with Crippen molar-refractivity contribution in [3.8, 4) is 11.5 Å². The van der Waals surface area contributed by atoms with Crippen molar-refractivity contribution in [1.82, 2.24) is 4.90 Å². The minimum atomic E-state index is 0.0489. The lowest BCUT2D eigenvalue weighted by atomic mass is 10.2.